The first-order valence-corrected chi connectivity index (χ1v) is 8.92. The Labute approximate surface area is 160 Å². The van der Waals surface area contributed by atoms with Crippen LogP contribution in [0.15, 0.2) is 64.6 Å². The van der Waals surface area contributed by atoms with Gasteiger partial charge in [-0.15, -0.1) is 0 Å². The smallest absolute Gasteiger partial charge is 0.295 e. The van der Waals surface area contributed by atoms with Crippen LogP contribution in [-0.2, 0) is 14.3 Å². The van der Waals surface area contributed by atoms with Crippen molar-refractivity contribution in [3.05, 3.63) is 75.8 Å². The number of carbonyl (C=O) groups is 2. The summed E-state index contributed by atoms with van der Waals surface area (Å²) in [4.78, 5) is 26.7. The molecule has 26 heavy (non-hydrogen) atoms. The number of amides is 1. The van der Waals surface area contributed by atoms with Gasteiger partial charge in [-0.3, -0.25) is 9.59 Å². The molecule has 0 aromatic heterocycles. The van der Waals surface area contributed by atoms with Crippen LogP contribution in [0, 0.1) is 0 Å². The Kier molecular flexibility index (Phi) is 5.54. The average molecular weight is 416 g/mol. The van der Waals surface area contributed by atoms with Crippen molar-refractivity contribution in [2.45, 2.75) is 6.04 Å². The summed E-state index contributed by atoms with van der Waals surface area (Å²) >= 11 is 3.42. The minimum atomic E-state index is -0.688. The highest BCUT2D eigenvalue weighted by atomic mass is 79.9. The van der Waals surface area contributed by atoms with Gasteiger partial charge in [-0.05, 0) is 17.7 Å². The van der Waals surface area contributed by atoms with E-state index in [1.54, 1.807) is 24.3 Å². The van der Waals surface area contributed by atoms with Gasteiger partial charge in [-0.1, -0.05) is 58.4 Å². The van der Waals surface area contributed by atoms with Gasteiger partial charge in [0.05, 0.1) is 18.2 Å². The lowest BCUT2D eigenvalue weighted by Crippen LogP contribution is -2.32. The van der Waals surface area contributed by atoms with Gasteiger partial charge >= 0.3 is 0 Å². The summed E-state index contributed by atoms with van der Waals surface area (Å²) in [7, 11) is 1.54. The van der Waals surface area contributed by atoms with Crippen molar-refractivity contribution in [2.24, 2.45) is 0 Å². The molecule has 134 valence electrons. The fourth-order valence-electron chi connectivity index (χ4n) is 3.08. The number of carbonyl (C=O) groups excluding carboxylic acids is 2. The molecule has 6 heteroatoms. The standard InChI is InChI=1S/C20H18BrNO4/c1-26-11-10-22-17(14-8-5-9-15(21)12-14)16(19(24)20(22)25)18(23)13-6-3-2-4-7-13/h2-9,12,17,23H,10-11H2,1H3/b18-16+. The zero-order chi connectivity index (χ0) is 18.7. The number of benzene rings is 2. The van der Waals surface area contributed by atoms with Gasteiger partial charge in [0, 0.05) is 23.7 Å². The monoisotopic (exact) mass is 415 g/mol. The van der Waals surface area contributed by atoms with Crippen LogP contribution in [0.5, 0.6) is 0 Å². The molecule has 2 aromatic rings. The Balaban J connectivity index is 2.16. The highest BCUT2D eigenvalue weighted by Gasteiger charge is 2.45. The summed E-state index contributed by atoms with van der Waals surface area (Å²) in [5.41, 5.74) is 1.33. The van der Waals surface area contributed by atoms with Crippen molar-refractivity contribution in [1.82, 2.24) is 4.90 Å². The molecule has 0 bridgehead atoms. The van der Waals surface area contributed by atoms with E-state index in [1.807, 2.05) is 30.3 Å². The third kappa shape index (κ3) is 3.43. The van der Waals surface area contributed by atoms with Crippen LogP contribution in [0.2, 0.25) is 0 Å². The summed E-state index contributed by atoms with van der Waals surface area (Å²) in [6.07, 6.45) is 0. The number of hydrogen-bond acceptors (Lipinski definition) is 4. The predicted molar refractivity (Wildman–Crippen MR) is 101 cm³/mol. The zero-order valence-electron chi connectivity index (χ0n) is 14.2. The molecule has 1 fully saturated rings. The normalized spacial score (nSPS) is 19.2. The Bertz CT molecular complexity index is 863. The van der Waals surface area contributed by atoms with E-state index in [-0.39, 0.29) is 17.9 Å². The van der Waals surface area contributed by atoms with Crippen molar-refractivity contribution < 1.29 is 19.4 Å². The third-order valence-corrected chi connectivity index (χ3v) is 4.78. The molecule has 1 saturated heterocycles. The van der Waals surface area contributed by atoms with Crippen molar-refractivity contribution in [2.75, 3.05) is 20.3 Å². The first-order valence-electron chi connectivity index (χ1n) is 8.13. The Morgan fingerprint density at radius 1 is 1.15 bits per heavy atom. The molecule has 1 amide bonds. The maximum Gasteiger partial charge on any atom is 0.295 e. The van der Waals surface area contributed by atoms with E-state index in [0.717, 1.165) is 10.0 Å². The van der Waals surface area contributed by atoms with Crippen molar-refractivity contribution in [1.29, 1.82) is 0 Å². The van der Waals surface area contributed by atoms with Crippen LogP contribution < -0.4 is 0 Å². The maximum atomic E-state index is 12.7. The second kappa shape index (κ2) is 7.85. The minimum Gasteiger partial charge on any atom is -0.507 e. The summed E-state index contributed by atoms with van der Waals surface area (Å²) in [6, 6.07) is 15.5. The Morgan fingerprint density at radius 2 is 1.88 bits per heavy atom. The fourth-order valence-corrected chi connectivity index (χ4v) is 3.49. The van der Waals surface area contributed by atoms with Gasteiger partial charge in [-0.2, -0.15) is 0 Å². The molecule has 0 radical (unpaired) electrons. The minimum absolute atomic E-state index is 0.0930. The summed E-state index contributed by atoms with van der Waals surface area (Å²) in [6.45, 7) is 0.548. The van der Waals surface area contributed by atoms with Gasteiger partial charge in [0.25, 0.3) is 11.7 Å². The van der Waals surface area contributed by atoms with Crippen LogP contribution in [0.4, 0.5) is 0 Å². The van der Waals surface area contributed by atoms with Crippen LogP contribution >= 0.6 is 15.9 Å². The fraction of sp³-hybridized carbons (Fsp3) is 0.200. The number of rotatable bonds is 5. The van der Waals surface area contributed by atoms with Gasteiger partial charge in [0.15, 0.2) is 0 Å². The quantitative estimate of drug-likeness (QED) is 0.460. The molecule has 3 rings (SSSR count). The highest BCUT2D eigenvalue weighted by molar-refractivity contribution is 9.10. The topological polar surface area (TPSA) is 66.8 Å². The molecule has 1 N–H and O–H groups in total. The molecular weight excluding hydrogens is 398 g/mol. The molecule has 1 unspecified atom stereocenters. The van der Waals surface area contributed by atoms with E-state index in [9.17, 15) is 14.7 Å². The molecular formula is C20H18BrNO4. The van der Waals surface area contributed by atoms with Gasteiger partial charge in [0.2, 0.25) is 0 Å². The Morgan fingerprint density at radius 3 is 2.54 bits per heavy atom. The largest absolute Gasteiger partial charge is 0.507 e. The number of likely N-dealkylation sites (tertiary alicyclic amines) is 1. The summed E-state index contributed by atoms with van der Waals surface area (Å²) in [5.74, 6) is -1.49. The molecule has 1 aliphatic heterocycles. The first-order chi connectivity index (χ1) is 12.5. The number of aliphatic hydroxyl groups excluding tert-OH is 1. The number of Topliss-reactive ketones (excluding diaryl/α,β-unsaturated/α-hetero) is 1. The maximum absolute atomic E-state index is 12.7. The number of ketones is 1. The first kappa shape index (κ1) is 18.4. The van der Waals surface area contributed by atoms with Crippen LogP contribution in [0.3, 0.4) is 0 Å². The van der Waals surface area contributed by atoms with E-state index in [4.69, 9.17) is 4.74 Å². The molecule has 1 heterocycles. The third-order valence-electron chi connectivity index (χ3n) is 4.29. The summed E-state index contributed by atoms with van der Waals surface area (Å²) in [5, 5.41) is 10.8. The lowest BCUT2D eigenvalue weighted by atomic mass is 9.95. The summed E-state index contributed by atoms with van der Waals surface area (Å²) < 4.78 is 5.91. The van der Waals surface area contributed by atoms with E-state index in [2.05, 4.69) is 15.9 Å². The number of hydrogen-bond donors (Lipinski definition) is 1. The number of ether oxygens (including phenoxy) is 1. The van der Waals surface area contributed by atoms with Crippen molar-refractivity contribution >= 4 is 33.4 Å². The van der Waals surface area contributed by atoms with E-state index < -0.39 is 17.7 Å². The van der Waals surface area contributed by atoms with Gasteiger partial charge in [-0.25, -0.2) is 0 Å². The van der Waals surface area contributed by atoms with E-state index in [1.165, 1.54) is 12.0 Å². The molecule has 2 aromatic carbocycles. The van der Waals surface area contributed by atoms with Gasteiger partial charge in [0.1, 0.15) is 5.76 Å². The van der Waals surface area contributed by atoms with Crippen LogP contribution in [0.1, 0.15) is 17.2 Å². The zero-order valence-corrected chi connectivity index (χ0v) is 15.8. The second-order valence-corrected chi connectivity index (χ2v) is 6.82. The molecule has 1 atom stereocenters. The predicted octanol–water partition coefficient (Wildman–Crippen LogP) is 3.52. The van der Waals surface area contributed by atoms with E-state index >= 15 is 0 Å². The molecule has 0 saturated carbocycles. The molecule has 5 nitrogen and oxygen atoms in total. The van der Waals surface area contributed by atoms with Gasteiger partial charge < -0.3 is 14.7 Å². The molecule has 0 spiro atoms. The lowest BCUT2D eigenvalue weighted by Gasteiger charge is -2.25. The highest BCUT2D eigenvalue weighted by Crippen LogP contribution is 2.39. The van der Waals surface area contributed by atoms with Crippen molar-refractivity contribution in [3.63, 3.8) is 0 Å². The average Bonchev–Trinajstić information content (AvgIpc) is 2.91. The Hall–Kier alpha value is -2.44. The van der Waals surface area contributed by atoms with Crippen molar-refractivity contribution in [3.8, 4) is 0 Å². The number of nitrogens with zero attached hydrogens (tertiary/aromatic N) is 1. The molecule has 0 aliphatic carbocycles. The number of aliphatic hydroxyl groups is 1. The van der Waals surface area contributed by atoms with Crippen LogP contribution in [-0.4, -0.2) is 42.0 Å². The second-order valence-electron chi connectivity index (χ2n) is 5.91. The van der Waals surface area contributed by atoms with Crippen LogP contribution in [0.25, 0.3) is 5.76 Å². The SMILES string of the molecule is COCCN1C(=O)C(=O)/C(=C(/O)c2ccccc2)C1c1cccc(Br)c1. The van der Waals surface area contributed by atoms with E-state index in [0.29, 0.717) is 12.2 Å². The lowest BCUT2D eigenvalue weighted by molar-refractivity contribution is -0.140. The number of methoxy groups -OCH3 is 1. The molecule has 1 aliphatic rings. The number of halogens is 1.